The molecule has 0 spiro atoms. The van der Waals surface area contributed by atoms with Crippen molar-refractivity contribution >= 4 is 50.2 Å². The molecule has 0 aliphatic heterocycles. The molecule has 0 aliphatic carbocycles. The molecule has 0 unspecified atom stereocenters. The number of aromatic nitrogens is 1. The van der Waals surface area contributed by atoms with Crippen LogP contribution in [0, 0.1) is 10.1 Å². The lowest BCUT2D eigenvalue weighted by atomic mass is 9.12. The van der Waals surface area contributed by atoms with Crippen molar-refractivity contribution in [2.75, 3.05) is 0 Å². The average Bonchev–Trinajstić information content (AvgIpc) is 3.53. The van der Waals surface area contributed by atoms with Gasteiger partial charge in [-0.05, 0) is 36.4 Å². The molecule has 0 radical (unpaired) electrons. The lowest BCUT2D eigenvalue weighted by Gasteiger charge is -2.46. The highest BCUT2D eigenvalue weighted by Crippen LogP contribution is 2.41. The van der Waals surface area contributed by atoms with E-state index in [4.69, 9.17) is 0 Å². The van der Waals surface area contributed by atoms with Crippen LogP contribution >= 0.6 is 0 Å². The molecule has 7 aromatic rings. The van der Waals surface area contributed by atoms with Gasteiger partial charge in [0.1, 0.15) is 6.15 Å². The van der Waals surface area contributed by atoms with Crippen molar-refractivity contribution < 1.29 is 120 Å². The topological polar surface area (TPSA) is 64.1 Å². The molecule has 5 nitrogen and oxygen atoms in total. The van der Waals surface area contributed by atoms with Gasteiger partial charge in [-0.15, -0.1) is 0 Å². The highest BCUT2D eigenvalue weighted by Gasteiger charge is 2.47. The second kappa shape index (κ2) is 20.8. The first kappa shape index (κ1) is 60.4. The quantitative estimate of drug-likeness (QED) is 0.0380. The number of hydrogen-bond acceptors (Lipinski definition) is 3. The van der Waals surface area contributed by atoms with Gasteiger partial charge >= 0.3 is 55.1 Å². The summed E-state index contributed by atoms with van der Waals surface area (Å²) in [5.41, 5.74) is -29.6. The highest BCUT2D eigenvalue weighted by molar-refractivity contribution is 7.20. The van der Waals surface area contributed by atoms with Gasteiger partial charge in [0.2, 0.25) is 18.5 Å². The molecule has 420 valence electrons. The van der Waals surface area contributed by atoms with Crippen molar-refractivity contribution in [3.63, 3.8) is 0 Å². The number of nitro groups is 1. The highest BCUT2D eigenvalue weighted by atomic mass is 19.4. The zero-order valence-corrected chi connectivity index (χ0v) is 38.3. The molecule has 0 aliphatic rings. The number of rotatable bonds is 8. The third-order valence-electron chi connectivity index (χ3n) is 11.9. The molecule has 79 heavy (non-hydrogen) atoms. The fourth-order valence-corrected chi connectivity index (χ4v) is 8.47. The third kappa shape index (κ3) is 13.5. The number of carbonyl (C=O) groups excluding carboxylic acids is 1. The SMILES string of the molecule is FC(F)(F)c1cc([B-](c2cc(C(F)(F)F)cc(C(F)(F)F)c2)(c2cc(C(F)(F)F)cc(C(F)(F)F)c2)c2cc(C(F)(F)F)cc(C(F)(F)F)c2)cc(C(F)(F)F)c1.O=C(C[n+]1cc([N+](=O)[O-])c2ccccc2c1)c1ccccc1. The minimum Gasteiger partial charge on any atom is -0.287 e. The lowest BCUT2D eigenvalue weighted by Crippen LogP contribution is -2.75. The van der Waals surface area contributed by atoms with E-state index in [1.54, 1.807) is 53.2 Å². The number of fused-ring (bicyclic) bond motifs is 1. The molecule has 0 bridgehead atoms. The average molecular weight is 1160 g/mol. The number of carbonyl (C=O) groups is 1. The Balaban J connectivity index is 0.000000378. The molecular formula is C49H25BF24N2O3. The van der Waals surface area contributed by atoms with Crippen LogP contribution in [0.4, 0.5) is 111 Å². The largest absolute Gasteiger partial charge is 0.416 e. The maximum absolute atomic E-state index is 14.2. The van der Waals surface area contributed by atoms with Gasteiger partial charge in [0.25, 0.3) is 0 Å². The van der Waals surface area contributed by atoms with Crippen molar-refractivity contribution in [2.24, 2.45) is 0 Å². The number of halogens is 24. The van der Waals surface area contributed by atoms with Gasteiger partial charge in [0, 0.05) is 5.56 Å². The summed E-state index contributed by atoms with van der Waals surface area (Å²) < 4.78 is 342. The monoisotopic (exact) mass is 1160 g/mol. The number of hydrogen-bond donors (Lipinski definition) is 0. The van der Waals surface area contributed by atoms with E-state index in [9.17, 15) is 120 Å². The van der Waals surface area contributed by atoms with Crippen molar-refractivity contribution in [2.45, 2.75) is 56.0 Å². The molecule has 0 saturated heterocycles. The number of Topliss-reactive ketones (excluding diaryl/α,β-unsaturated/α-hetero) is 1. The second-order valence-corrected chi connectivity index (χ2v) is 17.2. The number of benzene rings is 6. The van der Waals surface area contributed by atoms with Crippen molar-refractivity contribution in [1.29, 1.82) is 0 Å². The van der Waals surface area contributed by atoms with Crippen molar-refractivity contribution in [3.05, 3.63) is 200 Å². The first-order valence-corrected chi connectivity index (χ1v) is 21.4. The Bertz CT molecular complexity index is 2990. The summed E-state index contributed by atoms with van der Waals surface area (Å²) in [7, 11) is 0. The molecule has 7 rings (SSSR count). The van der Waals surface area contributed by atoms with Crippen LogP contribution in [0.5, 0.6) is 0 Å². The summed E-state index contributed by atoms with van der Waals surface area (Å²) in [4.78, 5) is 23.0. The summed E-state index contributed by atoms with van der Waals surface area (Å²) in [6, 6.07) is 7.16. The fraction of sp³-hybridized carbons (Fsp3) is 0.184. The Hall–Kier alpha value is -7.82. The van der Waals surface area contributed by atoms with Crippen molar-refractivity contribution in [3.8, 4) is 0 Å². The van der Waals surface area contributed by atoms with Crippen LogP contribution in [-0.4, -0.2) is 16.9 Å². The van der Waals surface area contributed by atoms with Crippen LogP contribution in [0.25, 0.3) is 10.8 Å². The van der Waals surface area contributed by atoms with Crippen LogP contribution < -0.4 is 26.4 Å². The smallest absolute Gasteiger partial charge is 0.287 e. The third-order valence-corrected chi connectivity index (χ3v) is 11.9. The molecule has 1 heterocycles. The molecule has 0 fully saturated rings. The Morgan fingerprint density at radius 3 is 0.924 bits per heavy atom. The molecular weight excluding hydrogens is 1130 g/mol. The van der Waals surface area contributed by atoms with Gasteiger partial charge in [-0.1, -0.05) is 91.0 Å². The fourth-order valence-electron chi connectivity index (χ4n) is 8.47. The first-order valence-electron chi connectivity index (χ1n) is 21.4. The van der Waals surface area contributed by atoms with E-state index in [2.05, 4.69) is 0 Å². The Labute approximate surface area is 425 Å². The predicted molar refractivity (Wildman–Crippen MR) is 232 cm³/mol. The minimum absolute atomic E-state index is 0.000961. The maximum Gasteiger partial charge on any atom is 0.416 e. The summed E-state index contributed by atoms with van der Waals surface area (Å²) in [6.07, 6.45) is -51.6. The van der Waals surface area contributed by atoms with E-state index in [0.29, 0.717) is 10.9 Å². The van der Waals surface area contributed by atoms with E-state index >= 15 is 0 Å². The lowest BCUT2D eigenvalue weighted by molar-refractivity contribution is -0.684. The zero-order chi connectivity index (χ0) is 59.4. The van der Waals surface area contributed by atoms with Gasteiger partial charge in [-0.25, -0.2) is 0 Å². The van der Waals surface area contributed by atoms with Crippen LogP contribution in [0.3, 0.4) is 0 Å². The summed E-state index contributed by atoms with van der Waals surface area (Å²) >= 11 is 0. The maximum atomic E-state index is 14.2. The Morgan fingerprint density at radius 2 is 0.658 bits per heavy atom. The van der Waals surface area contributed by atoms with Gasteiger partial charge in [0.05, 0.1) is 60.2 Å². The van der Waals surface area contributed by atoms with Gasteiger partial charge in [0.15, 0.2) is 6.20 Å². The van der Waals surface area contributed by atoms with Gasteiger partial charge in [-0.3, -0.25) is 14.9 Å². The van der Waals surface area contributed by atoms with E-state index in [-0.39, 0.29) is 18.0 Å². The van der Waals surface area contributed by atoms with E-state index < -0.39 is 200 Å². The molecule has 0 amide bonds. The molecule has 0 N–H and O–H groups in total. The number of alkyl halides is 24. The van der Waals surface area contributed by atoms with Crippen LogP contribution in [0.2, 0.25) is 0 Å². The van der Waals surface area contributed by atoms with E-state index in [0.717, 1.165) is 5.39 Å². The summed E-state index contributed by atoms with van der Waals surface area (Å²) in [5.74, 6) is -0.0878. The van der Waals surface area contributed by atoms with Crippen LogP contribution in [-0.2, 0) is 56.0 Å². The number of ketones is 1. The molecule has 0 saturated carbocycles. The minimum atomic E-state index is -6.13. The normalized spacial score (nSPS) is 13.3. The van der Waals surface area contributed by atoms with Gasteiger partial charge < -0.3 is 0 Å². The summed E-state index contributed by atoms with van der Waals surface area (Å²) in [6.45, 7) is 0.0652. The van der Waals surface area contributed by atoms with Crippen LogP contribution in [0.1, 0.15) is 54.9 Å². The molecule has 1 aromatic heterocycles. The van der Waals surface area contributed by atoms with Crippen molar-refractivity contribution in [1.82, 2.24) is 0 Å². The van der Waals surface area contributed by atoms with E-state index in [1.807, 2.05) is 12.1 Å². The molecule has 0 atom stereocenters. The van der Waals surface area contributed by atoms with Crippen LogP contribution in [0.15, 0.2) is 140 Å². The zero-order valence-electron chi connectivity index (χ0n) is 38.3. The second-order valence-electron chi connectivity index (χ2n) is 17.2. The Morgan fingerprint density at radius 1 is 0.392 bits per heavy atom. The predicted octanol–water partition coefficient (Wildman–Crippen LogP) is 14.1. The summed E-state index contributed by atoms with van der Waals surface area (Å²) in [5, 5.41) is 12.5. The van der Waals surface area contributed by atoms with E-state index in [1.165, 1.54) is 6.20 Å². The molecule has 30 heteroatoms. The molecule has 6 aromatic carbocycles. The Kier molecular flexibility index (Phi) is 15.9. The first-order chi connectivity index (χ1) is 35.9. The number of nitrogens with zero attached hydrogens (tertiary/aromatic N) is 2. The number of pyridine rings is 1. The van der Waals surface area contributed by atoms with Gasteiger partial charge in [-0.2, -0.15) is 132 Å². The standard InChI is InChI=1S/C32H12BF24.C17H13N2O3/c34-25(35,36)13-1-14(26(37,38)39)6-21(5-13)33(22-7-15(27(40,41)42)2-16(8-22)28(43,44)45,23-9-17(29(46,47)48)3-18(10-23)30(49,50)51)24-11-19(31(52,53)54)4-20(12-24)32(55,56)57;20-17(13-6-2-1-3-7-13)12-18-10-14-8-4-5-9-15(14)16(11-18)19(21)22/h1-12H;1-11H,12H2/q-1;+1.